The van der Waals surface area contributed by atoms with E-state index in [9.17, 15) is 4.79 Å². The Kier molecular flexibility index (Phi) is 6.48. The molecule has 5 nitrogen and oxygen atoms in total. The molecule has 2 N–H and O–H groups in total. The van der Waals surface area contributed by atoms with Gasteiger partial charge in [-0.05, 0) is 37.4 Å². The summed E-state index contributed by atoms with van der Waals surface area (Å²) in [6, 6.07) is -0.0315. The second-order valence-electron chi connectivity index (χ2n) is 8.02. The molecule has 0 aromatic rings. The summed E-state index contributed by atoms with van der Waals surface area (Å²) in [5.74, 6) is 1.29. The van der Waals surface area contributed by atoms with Crippen molar-refractivity contribution in [2.45, 2.75) is 65.6 Å². The monoisotopic (exact) mass is 354 g/mol. The van der Waals surface area contributed by atoms with Gasteiger partial charge in [-0.25, -0.2) is 0 Å². The number of carbonyl (C=O) groups excluding carboxylic acids is 1. The second-order valence-corrected chi connectivity index (χ2v) is 8.41. The summed E-state index contributed by atoms with van der Waals surface area (Å²) >= 11 is 5.45. The third-order valence-corrected chi connectivity index (χ3v) is 5.39. The molecular formula is C18H34N4OS. The Morgan fingerprint density at radius 2 is 1.92 bits per heavy atom. The number of hydrogen-bond acceptors (Lipinski definition) is 3. The lowest BCUT2D eigenvalue weighted by molar-refractivity contribution is -0.134. The topological polar surface area (TPSA) is 47.6 Å². The van der Waals surface area contributed by atoms with E-state index in [2.05, 4.69) is 55.1 Å². The van der Waals surface area contributed by atoms with Crippen LogP contribution >= 0.6 is 12.2 Å². The molecule has 0 bridgehead atoms. The fourth-order valence-electron chi connectivity index (χ4n) is 3.88. The fraction of sp³-hybridized carbons (Fsp3) is 0.889. The van der Waals surface area contributed by atoms with E-state index in [4.69, 9.17) is 12.2 Å². The van der Waals surface area contributed by atoms with E-state index in [0.717, 1.165) is 50.6 Å². The van der Waals surface area contributed by atoms with Gasteiger partial charge in [0.05, 0.1) is 11.7 Å². The number of nitrogens with one attached hydrogen (secondary N) is 2. The number of rotatable bonds is 5. The lowest BCUT2D eigenvalue weighted by atomic mass is 9.95. The first-order chi connectivity index (χ1) is 11.3. The molecule has 2 rings (SSSR count). The van der Waals surface area contributed by atoms with Crippen molar-refractivity contribution >= 4 is 23.2 Å². The van der Waals surface area contributed by atoms with Crippen LogP contribution in [0.3, 0.4) is 0 Å². The minimum atomic E-state index is -0.181. The van der Waals surface area contributed by atoms with Gasteiger partial charge in [-0.15, -0.1) is 0 Å². The van der Waals surface area contributed by atoms with E-state index in [1.807, 2.05) is 0 Å². The molecule has 0 radical (unpaired) electrons. The van der Waals surface area contributed by atoms with Gasteiger partial charge in [-0.1, -0.05) is 27.7 Å². The maximum absolute atomic E-state index is 13.0. The highest BCUT2D eigenvalue weighted by molar-refractivity contribution is 7.80. The van der Waals surface area contributed by atoms with Gasteiger partial charge in [0.1, 0.15) is 0 Å². The van der Waals surface area contributed by atoms with E-state index in [0.29, 0.717) is 17.7 Å². The van der Waals surface area contributed by atoms with Crippen LogP contribution in [0.4, 0.5) is 0 Å². The van der Waals surface area contributed by atoms with Gasteiger partial charge in [-0.3, -0.25) is 10.1 Å². The number of thiocarbonyl (C=S) groups is 1. The van der Waals surface area contributed by atoms with E-state index in [1.165, 1.54) is 0 Å². The predicted octanol–water partition coefficient (Wildman–Crippen LogP) is 2.18. The molecule has 2 saturated heterocycles. The minimum Gasteiger partial charge on any atom is -0.363 e. The van der Waals surface area contributed by atoms with Crippen LogP contribution in [0.25, 0.3) is 0 Å². The standard InChI is InChI=1S/C18H34N4OS/c1-6-19-17(24)21-9-7-18(8-10-21)20-15(11-13(2)3)16(23)22(18)12-14(4)5/h13-15,20H,6-12H2,1-5H3,(H,19,24)/t15-/m0/s1. The number of hydrogen-bond donors (Lipinski definition) is 2. The first kappa shape index (κ1) is 19.4. The Bertz CT molecular complexity index is 458. The van der Waals surface area contributed by atoms with Crippen LogP contribution < -0.4 is 10.6 Å². The van der Waals surface area contributed by atoms with Crippen LogP contribution in [-0.2, 0) is 4.79 Å². The fourth-order valence-corrected chi connectivity index (χ4v) is 4.21. The zero-order chi connectivity index (χ0) is 17.9. The molecule has 0 aromatic carbocycles. The quantitative estimate of drug-likeness (QED) is 0.741. The van der Waals surface area contributed by atoms with Crippen LogP contribution in [0.1, 0.15) is 53.9 Å². The molecule has 138 valence electrons. The summed E-state index contributed by atoms with van der Waals surface area (Å²) in [5.41, 5.74) is -0.181. The van der Waals surface area contributed by atoms with Crippen LogP contribution in [0.5, 0.6) is 0 Å². The van der Waals surface area contributed by atoms with Gasteiger partial charge in [-0.2, -0.15) is 0 Å². The first-order valence-corrected chi connectivity index (χ1v) is 9.82. The summed E-state index contributed by atoms with van der Waals surface area (Å²) in [6.07, 6.45) is 2.78. The molecule has 2 heterocycles. The number of piperidine rings is 1. The largest absolute Gasteiger partial charge is 0.363 e. The highest BCUT2D eigenvalue weighted by Gasteiger charge is 2.51. The van der Waals surface area contributed by atoms with E-state index in [-0.39, 0.29) is 11.7 Å². The van der Waals surface area contributed by atoms with E-state index < -0.39 is 0 Å². The summed E-state index contributed by atoms with van der Waals surface area (Å²) in [6.45, 7) is 14.3. The van der Waals surface area contributed by atoms with Crippen molar-refractivity contribution in [1.82, 2.24) is 20.4 Å². The number of amides is 1. The van der Waals surface area contributed by atoms with Crippen LogP contribution in [0, 0.1) is 11.8 Å². The van der Waals surface area contributed by atoms with Crippen molar-refractivity contribution in [3.63, 3.8) is 0 Å². The summed E-state index contributed by atoms with van der Waals surface area (Å²) in [4.78, 5) is 17.4. The Morgan fingerprint density at radius 3 is 2.42 bits per heavy atom. The molecule has 6 heteroatoms. The molecule has 0 aromatic heterocycles. The third-order valence-electron chi connectivity index (χ3n) is 4.98. The van der Waals surface area contributed by atoms with Crippen LogP contribution in [0.2, 0.25) is 0 Å². The van der Waals surface area contributed by atoms with Crippen molar-refractivity contribution in [3.8, 4) is 0 Å². The third kappa shape index (κ3) is 4.20. The lowest BCUT2D eigenvalue weighted by Gasteiger charge is -2.45. The number of carbonyl (C=O) groups is 1. The molecular weight excluding hydrogens is 320 g/mol. The van der Waals surface area contributed by atoms with E-state index >= 15 is 0 Å². The zero-order valence-electron chi connectivity index (χ0n) is 15.9. The highest BCUT2D eigenvalue weighted by Crippen LogP contribution is 2.34. The average Bonchev–Trinajstić information content (AvgIpc) is 2.73. The summed E-state index contributed by atoms with van der Waals surface area (Å²) < 4.78 is 0. The molecule has 24 heavy (non-hydrogen) atoms. The second kappa shape index (κ2) is 8.00. The van der Waals surface area contributed by atoms with Crippen LogP contribution in [0.15, 0.2) is 0 Å². The maximum Gasteiger partial charge on any atom is 0.241 e. The Hall–Kier alpha value is -0.880. The zero-order valence-corrected chi connectivity index (χ0v) is 16.7. The van der Waals surface area contributed by atoms with Gasteiger partial charge in [0, 0.05) is 39.0 Å². The van der Waals surface area contributed by atoms with E-state index in [1.54, 1.807) is 0 Å². The van der Waals surface area contributed by atoms with Gasteiger partial charge in [0.2, 0.25) is 5.91 Å². The summed E-state index contributed by atoms with van der Waals surface area (Å²) in [7, 11) is 0. The molecule has 0 aliphatic carbocycles. The smallest absolute Gasteiger partial charge is 0.241 e. The van der Waals surface area contributed by atoms with Gasteiger partial charge in [0.25, 0.3) is 0 Å². The lowest BCUT2D eigenvalue weighted by Crippen LogP contribution is -2.60. The van der Waals surface area contributed by atoms with Gasteiger partial charge in [0.15, 0.2) is 5.11 Å². The molecule has 1 spiro atoms. The molecule has 2 fully saturated rings. The minimum absolute atomic E-state index is 0.0315. The highest BCUT2D eigenvalue weighted by atomic mass is 32.1. The average molecular weight is 355 g/mol. The molecule has 0 saturated carbocycles. The first-order valence-electron chi connectivity index (χ1n) is 9.41. The molecule has 1 atom stereocenters. The Labute approximate surface area is 152 Å². The SMILES string of the molecule is CCNC(=S)N1CCC2(CC1)N[C@@H](CC(C)C)C(=O)N2CC(C)C. The van der Waals surface area contributed by atoms with Crippen LogP contribution in [-0.4, -0.2) is 58.7 Å². The van der Waals surface area contributed by atoms with Crippen molar-refractivity contribution in [1.29, 1.82) is 0 Å². The van der Waals surface area contributed by atoms with Gasteiger partial charge >= 0.3 is 0 Å². The van der Waals surface area contributed by atoms with Gasteiger partial charge < -0.3 is 15.1 Å². The Morgan fingerprint density at radius 1 is 1.29 bits per heavy atom. The maximum atomic E-state index is 13.0. The van der Waals surface area contributed by atoms with Crippen molar-refractivity contribution < 1.29 is 4.79 Å². The normalized spacial score (nSPS) is 23.6. The predicted molar refractivity (Wildman–Crippen MR) is 103 cm³/mol. The van der Waals surface area contributed by atoms with Crippen molar-refractivity contribution in [2.75, 3.05) is 26.2 Å². The molecule has 2 aliphatic rings. The Balaban J connectivity index is 2.11. The number of nitrogens with zero attached hydrogens (tertiary/aromatic N) is 2. The van der Waals surface area contributed by atoms with Crippen molar-refractivity contribution in [2.24, 2.45) is 11.8 Å². The molecule has 2 aliphatic heterocycles. The molecule has 1 amide bonds. The summed E-state index contributed by atoms with van der Waals surface area (Å²) in [5, 5.41) is 7.80. The molecule has 0 unspecified atom stereocenters. The number of likely N-dealkylation sites (tertiary alicyclic amines) is 1. The van der Waals surface area contributed by atoms with Crippen molar-refractivity contribution in [3.05, 3.63) is 0 Å².